The van der Waals surface area contributed by atoms with Crippen molar-refractivity contribution < 1.29 is 14.6 Å². The Bertz CT molecular complexity index is 972. The molecule has 2 aromatic rings. The number of nitrogens with zero attached hydrogens (tertiary/aromatic N) is 2. The van der Waals surface area contributed by atoms with E-state index in [1.54, 1.807) is 18.2 Å². The Balaban J connectivity index is 1.87. The SMILES string of the molecule is COc1ccc([N+](=O)[O-])c2c1N[C@H](c1cccc([N+](=O)[O-])c1)[C@@H]1CC=C[C@@H]21. The molecule has 3 atom stereocenters. The molecule has 4 rings (SSSR count). The minimum Gasteiger partial charge on any atom is -0.495 e. The average molecular weight is 367 g/mol. The van der Waals surface area contributed by atoms with E-state index in [4.69, 9.17) is 4.74 Å². The molecular weight excluding hydrogens is 350 g/mol. The predicted molar refractivity (Wildman–Crippen MR) is 99.1 cm³/mol. The summed E-state index contributed by atoms with van der Waals surface area (Å²) in [5, 5.41) is 26.1. The molecule has 0 aromatic heterocycles. The molecule has 0 saturated carbocycles. The van der Waals surface area contributed by atoms with Gasteiger partial charge in [-0.3, -0.25) is 20.2 Å². The van der Waals surface area contributed by atoms with E-state index < -0.39 is 4.92 Å². The second-order valence-electron chi connectivity index (χ2n) is 6.66. The van der Waals surface area contributed by atoms with Gasteiger partial charge >= 0.3 is 0 Å². The van der Waals surface area contributed by atoms with Crippen molar-refractivity contribution >= 4 is 17.1 Å². The number of nitrogens with one attached hydrogen (secondary N) is 1. The highest BCUT2D eigenvalue weighted by molar-refractivity contribution is 5.73. The number of nitro groups is 2. The number of non-ortho nitro benzene ring substituents is 1. The summed E-state index contributed by atoms with van der Waals surface area (Å²) >= 11 is 0. The third-order valence-corrected chi connectivity index (χ3v) is 5.32. The highest BCUT2D eigenvalue weighted by Crippen LogP contribution is 2.55. The van der Waals surface area contributed by atoms with E-state index in [9.17, 15) is 20.2 Å². The summed E-state index contributed by atoms with van der Waals surface area (Å²) in [5.41, 5.74) is 2.05. The highest BCUT2D eigenvalue weighted by Gasteiger charge is 2.43. The first-order valence-electron chi connectivity index (χ1n) is 8.54. The van der Waals surface area contributed by atoms with Crippen LogP contribution in [0.3, 0.4) is 0 Å². The number of methoxy groups -OCH3 is 1. The smallest absolute Gasteiger partial charge is 0.275 e. The molecule has 0 spiro atoms. The minimum atomic E-state index is -0.421. The molecule has 1 aliphatic carbocycles. The van der Waals surface area contributed by atoms with Gasteiger partial charge in [0.05, 0.1) is 34.2 Å². The molecular formula is C19H17N3O5. The quantitative estimate of drug-likeness (QED) is 0.489. The third-order valence-electron chi connectivity index (χ3n) is 5.32. The Hall–Kier alpha value is -3.42. The fourth-order valence-corrected chi connectivity index (χ4v) is 4.15. The van der Waals surface area contributed by atoms with Gasteiger partial charge in [-0.05, 0) is 24.0 Å². The van der Waals surface area contributed by atoms with Crippen molar-refractivity contribution in [3.63, 3.8) is 0 Å². The van der Waals surface area contributed by atoms with Gasteiger partial charge in [-0.2, -0.15) is 0 Å². The van der Waals surface area contributed by atoms with Gasteiger partial charge in [0.1, 0.15) is 5.75 Å². The fourth-order valence-electron chi connectivity index (χ4n) is 4.15. The molecule has 8 heteroatoms. The van der Waals surface area contributed by atoms with Crippen molar-refractivity contribution in [2.75, 3.05) is 12.4 Å². The Kier molecular flexibility index (Phi) is 4.02. The van der Waals surface area contributed by atoms with Crippen molar-refractivity contribution in [2.45, 2.75) is 18.4 Å². The van der Waals surface area contributed by atoms with Crippen LogP contribution in [0.2, 0.25) is 0 Å². The van der Waals surface area contributed by atoms with Crippen LogP contribution in [-0.4, -0.2) is 17.0 Å². The minimum absolute atomic E-state index is 0.0219. The van der Waals surface area contributed by atoms with E-state index in [0.717, 1.165) is 12.0 Å². The van der Waals surface area contributed by atoms with Gasteiger partial charge in [0.15, 0.2) is 0 Å². The Labute approximate surface area is 154 Å². The zero-order valence-corrected chi connectivity index (χ0v) is 14.5. The monoisotopic (exact) mass is 367 g/mol. The lowest BCUT2D eigenvalue weighted by Crippen LogP contribution is -2.30. The molecule has 0 unspecified atom stereocenters. The van der Waals surface area contributed by atoms with E-state index in [1.807, 2.05) is 18.2 Å². The number of hydrogen-bond donors (Lipinski definition) is 1. The van der Waals surface area contributed by atoms with Gasteiger partial charge < -0.3 is 10.1 Å². The summed E-state index contributed by atoms with van der Waals surface area (Å²) < 4.78 is 5.42. The summed E-state index contributed by atoms with van der Waals surface area (Å²) in [7, 11) is 1.52. The van der Waals surface area contributed by atoms with E-state index in [-0.39, 0.29) is 34.2 Å². The van der Waals surface area contributed by atoms with Crippen LogP contribution in [0.5, 0.6) is 5.75 Å². The number of nitro benzene ring substituents is 2. The maximum absolute atomic E-state index is 11.6. The summed E-state index contributed by atoms with van der Waals surface area (Å²) in [6.45, 7) is 0. The normalized spacial score (nSPS) is 22.5. The maximum atomic E-state index is 11.6. The zero-order chi connectivity index (χ0) is 19.1. The molecule has 0 fully saturated rings. The van der Waals surface area contributed by atoms with Crippen LogP contribution in [0, 0.1) is 26.1 Å². The van der Waals surface area contributed by atoms with Crippen LogP contribution in [0.1, 0.15) is 29.5 Å². The van der Waals surface area contributed by atoms with Crippen LogP contribution in [0.4, 0.5) is 17.1 Å². The Morgan fingerprint density at radius 3 is 2.67 bits per heavy atom. The van der Waals surface area contributed by atoms with Crippen LogP contribution in [-0.2, 0) is 0 Å². The lowest BCUT2D eigenvalue weighted by molar-refractivity contribution is -0.385. The molecule has 0 amide bonds. The molecule has 2 aliphatic rings. The van der Waals surface area contributed by atoms with Gasteiger partial charge in [0, 0.05) is 24.1 Å². The van der Waals surface area contributed by atoms with Gasteiger partial charge in [-0.15, -0.1) is 0 Å². The number of ether oxygens (including phenoxy) is 1. The van der Waals surface area contributed by atoms with Crippen molar-refractivity contribution in [2.24, 2.45) is 5.92 Å². The van der Waals surface area contributed by atoms with Gasteiger partial charge in [-0.25, -0.2) is 0 Å². The van der Waals surface area contributed by atoms with E-state index >= 15 is 0 Å². The van der Waals surface area contributed by atoms with Gasteiger partial charge in [0.25, 0.3) is 11.4 Å². The number of anilines is 1. The van der Waals surface area contributed by atoms with E-state index in [1.165, 1.54) is 19.2 Å². The summed E-state index contributed by atoms with van der Waals surface area (Å²) in [4.78, 5) is 21.9. The van der Waals surface area contributed by atoms with Crippen LogP contribution in [0.25, 0.3) is 0 Å². The third kappa shape index (κ3) is 2.69. The maximum Gasteiger partial charge on any atom is 0.275 e. The van der Waals surface area contributed by atoms with Crippen molar-refractivity contribution in [1.29, 1.82) is 0 Å². The first kappa shape index (κ1) is 17.0. The molecule has 1 aliphatic heterocycles. The van der Waals surface area contributed by atoms with Gasteiger partial charge in [0.2, 0.25) is 0 Å². The lowest BCUT2D eigenvalue weighted by Gasteiger charge is -2.37. The Morgan fingerprint density at radius 1 is 1.15 bits per heavy atom. The molecule has 0 bridgehead atoms. The largest absolute Gasteiger partial charge is 0.495 e. The Morgan fingerprint density at radius 2 is 1.96 bits per heavy atom. The van der Waals surface area contributed by atoms with Crippen LogP contribution < -0.4 is 10.1 Å². The number of hydrogen-bond acceptors (Lipinski definition) is 6. The highest BCUT2D eigenvalue weighted by atomic mass is 16.6. The van der Waals surface area contributed by atoms with Crippen LogP contribution >= 0.6 is 0 Å². The van der Waals surface area contributed by atoms with Crippen molar-refractivity contribution in [1.82, 2.24) is 0 Å². The molecule has 1 heterocycles. The van der Waals surface area contributed by atoms with Crippen LogP contribution in [0.15, 0.2) is 48.6 Å². The topological polar surface area (TPSA) is 108 Å². The molecule has 27 heavy (non-hydrogen) atoms. The number of fused-ring (bicyclic) bond motifs is 3. The molecule has 2 aromatic carbocycles. The first-order chi connectivity index (χ1) is 13.0. The molecule has 8 nitrogen and oxygen atoms in total. The lowest BCUT2D eigenvalue weighted by atomic mass is 9.76. The standard InChI is InChI=1S/C19H17N3O5/c1-27-16-9-8-15(22(25)26)17-13-6-3-7-14(13)18(20-19(16)17)11-4-2-5-12(10-11)21(23)24/h2-6,8-10,13-14,18,20H,7H2,1H3/t13-,14-,18-/m1/s1. The average Bonchev–Trinajstić information content (AvgIpc) is 3.16. The zero-order valence-electron chi connectivity index (χ0n) is 14.5. The summed E-state index contributed by atoms with van der Waals surface area (Å²) in [6.07, 6.45) is 4.74. The summed E-state index contributed by atoms with van der Waals surface area (Å²) in [6, 6.07) is 9.34. The summed E-state index contributed by atoms with van der Waals surface area (Å²) in [5.74, 6) is 0.399. The number of allylic oxidation sites excluding steroid dienone is 2. The van der Waals surface area contributed by atoms with Gasteiger partial charge in [-0.1, -0.05) is 24.3 Å². The molecule has 138 valence electrons. The number of benzene rings is 2. The second-order valence-corrected chi connectivity index (χ2v) is 6.66. The van der Waals surface area contributed by atoms with E-state index in [2.05, 4.69) is 5.32 Å². The van der Waals surface area contributed by atoms with Crippen molar-refractivity contribution in [3.05, 3.63) is 79.9 Å². The van der Waals surface area contributed by atoms with Crippen molar-refractivity contribution in [3.8, 4) is 5.75 Å². The predicted octanol–water partition coefficient (Wildman–Crippen LogP) is 4.34. The number of rotatable bonds is 4. The van der Waals surface area contributed by atoms with E-state index in [0.29, 0.717) is 17.0 Å². The second kappa shape index (κ2) is 6.39. The fraction of sp³-hybridized carbons (Fsp3) is 0.263. The molecule has 0 radical (unpaired) electrons. The first-order valence-corrected chi connectivity index (χ1v) is 8.54. The molecule has 1 N–H and O–H groups in total. The molecule has 0 saturated heterocycles.